The van der Waals surface area contributed by atoms with E-state index in [4.69, 9.17) is 5.26 Å². The van der Waals surface area contributed by atoms with E-state index in [2.05, 4.69) is 20.3 Å². The number of nitrogens with one attached hydrogen (secondary N) is 1. The van der Waals surface area contributed by atoms with Crippen molar-refractivity contribution in [2.24, 2.45) is 0 Å². The second kappa shape index (κ2) is 9.71. The van der Waals surface area contributed by atoms with Crippen molar-refractivity contribution >= 4 is 16.9 Å². The Balaban J connectivity index is 1.68. The van der Waals surface area contributed by atoms with Crippen LogP contribution in [0.5, 0.6) is 0 Å². The molecular weight excluding hydrogens is 486 g/mol. The van der Waals surface area contributed by atoms with E-state index in [1.54, 1.807) is 6.26 Å². The summed E-state index contributed by atoms with van der Waals surface area (Å²) in [4.78, 5) is 12.2. The molecule has 0 spiro atoms. The fraction of sp³-hybridized carbons (Fsp3) is 0.364. The highest BCUT2D eigenvalue weighted by Gasteiger charge is 2.36. The van der Waals surface area contributed by atoms with E-state index in [0.717, 1.165) is 6.07 Å². The second-order valence-electron chi connectivity index (χ2n) is 8.05. The first-order valence-electron chi connectivity index (χ1n) is 10.6. The highest BCUT2D eigenvalue weighted by molar-refractivity contribution is 7.81. The van der Waals surface area contributed by atoms with Gasteiger partial charge >= 0.3 is 6.18 Å². The van der Waals surface area contributed by atoms with Crippen molar-refractivity contribution in [3.05, 3.63) is 53.4 Å². The minimum absolute atomic E-state index is 0.0147. The van der Waals surface area contributed by atoms with Crippen molar-refractivity contribution in [1.29, 1.82) is 5.26 Å². The number of benzene rings is 1. The molecule has 1 atom stereocenters. The molecule has 1 unspecified atom stereocenters. The van der Waals surface area contributed by atoms with Crippen LogP contribution in [0.1, 0.15) is 29.8 Å². The molecule has 3 heterocycles. The average Bonchev–Trinajstić information content (AvgIpc) is 3.19. The molecule has 8 nitrogen and oxygen atoms in total. The molecule has 3 aromatic rings. The number of imidazole rings is 1. The lowest BCUT2D eigenvalue weighted by molar-refractivity contribution is -0.137. The molecule has 0 bridgehead atoms. The standard InChI is InChI=1S/C22H21F4N7OS/c1-13-29-18(12-33(13)19-4-3-14(10-27)9-17(19)23)20-16(22(24,25)26)11-28-21(31-20)30-15-5-7-32(8-6-15)35(2)34/h3-4,9,11-12,15H,5-8H2,1-2H3,(H,28,30,31). The number of aryl methyl sites for hydroxylation is 1. The summed E-state index contributed by atoms with van der Waals surface area (Å²) in [7, 11) is -1.08. The van der Waals surface area contributed by atoms with Crippen LogP contribution in [0.15, 0.2) is 30.6 Å². The van der Waals surface area contributed by atoms with Crippen molar-refractivity contribution in [3.8, 4) is 23.1 Å². The van der Waals surface area contributed by atoms with Gasteiger partial charge in [0.15, 0.2) is 0 Å². The van der Waals surface area contributed by atoms with Gasteiger partial charge in [-0.1, -0.05) is 0 Å². The number of nitriles is 1. The van der Waals surface area contributed by atoms with Gasteiger partial charge in [0.25, 0.3) is 0 Å². The van der Waals surface area contributed by atoms with E-state index in [0.29, 0.717) is 32.1 Å². The molecule has 4 rings (SSSR count). The van der Waals surface area contributed by atoms with Crippen LogP contribution < -0.4 is 5.32 Å². The van der Waals surface area contributed by atoms with E-state index in [-0.39, 0.29) is 34.8 Å². The summed E-state index contributed by atoms with van der Waals surface area (Å²) in [6.45, 7) is 2.68. The third kappa shape index (κ3) is 5.33. The van der Waals surface area contributed by atoms with Crippen LogP contribution in [0.4, 0.5) is 23.5 Å². The van der Waals surface area contributed by atoms with Crippen molar-refractivity contribution in [3.63, 3.8) is 0 Å². The number of alkyl halides is 3. The molecule has 0 saturated carbocycles. The number of hydrogen-bond acceptors (Lipinski definition) is 6. The van der Waals surface area contributed by atoms with Crippen molar-refractivity contribution < 1.29 is 21.8 Å². The zero-order valence-corrected chi connectivity index (χ0v) is 19.6. The van der Waals surface area contributed by atoms with Gasteiger partial charge in [0, 0.05) is 37.8 Å². The lowest BCUT2D eigenvalue weighted by atomic mass is 10.1. The number of aromatic nitrogens is 4. The summed E-state index contributed by atoms with van der Waals surface area (Å²) in [6, 6.07) is 5.55. The first-order chi connectivity index (χ1) is 16.6. The van der Waals surface area contributed by atoms with Gasteiger partial charge in [-0.2, -0.15) is 18.4 Å². The predicted molar refractivity (Wildman–Crippen MR) is 121 cm³/mol. The molecule has 1 aliphatic rings. The Morgan fingerprint density at radius 1 is 1.23 bits per heavy atom. The smallest absolute Gasteiger partial charge is 0.351 e. The topological polar surface area (TPSA) is 99.7 Å². The largest absolute Gasteiger partial charge is 0.420 e. The van der Waals surface area contributed by atoms with E-state index < -0.39 is 34.2 Å². The van der Waals surface area contributed by atoms with E-state index in [1.165, 1.54) is 29.8 Å². The minimum Gasteiger partial charge on any atom is -0.351 e. The number of hydrogen-bond donors (Lipinski definition) is 1. The molecule has 2 aromatic heterocycles. The van der Waals surface area contributed by atoms with Crippen LogP contribution in [0, 0.1) is 24.1 Å². The fourth-order valence-corrected chi connectivity index (χ4v) is 4.62. The van der Waals surface area contributed by atoms with Gasteiger partial charge < -0.3 is 9.88 Å². The summed E-state index contributed by atoms with van der Waals surface area (Å²) in [5.41, 5.74) is -1.44. The molecule has 0 amide bonds. The molecule has 1 aliphatic heterocycles. The van der Waals surface area contributed by atoms with Crippen LogP contribution >= 0.6 is 0 Å². The van der Waals surface area contributed by atoms with Crippen LogP contribution in [-0.2, 0) is 17.2 Å². The fourth-order valence-electron chi connectivity index (χ4n) is 3.90. The summed E-state index contributed by atoms with van der Waals surface area (Å²) in [6.07, 6.45) is 0.107. The van der Waals surface area contributed by atoms with E-state index in [1.807, 2.05) is 10.4 Å². The van der Waals surface area contributed by atoms with Gasteiger partial charge in [-0.15, -0.1) is 0 Å². The lowest BCUT2D eigenvalue weighted by Gasteiger charge is -2.30. The summed E-state index contributed by atoms with van der Waals surface area (Å²) in [5.74, 6) is -0.456. The molecule has 184 valence electrons. The summed E-state index contributed by atoms with van der Waals surface area (Å²) in [5, 5.41) is 12.0. The zero-order valence-electron chi connectivity index (χ0n) is 18.8. The predicted octanol–water partition coefficient (Wildman–Crippen LogP) is 3.84. The summed E-state index contributed by atoms with van der Waals surface area (Å²) < 4.78 is 70.6. The van der Waals surface area contributed by atoms with Gasteiger partial charge in [0.1, 0.15) is 28.6 Å². The first-order valence-corrected chi connectivity index (χ1v) is 12.1. The maximum absolute atomic E-state index is 14.5. The highest BCUT2D eigenvalue weighted by Crippen LogP contribution is 2.36. The minimum atomic E-state index is -4.73. The van der Waals surface area contributed by atoms with E-state index in [9.17, 15) is 21.8 Å². The average molecular weight is 508 g/mol. The second-order valence-corrected chi connectivity index (χ2v) is 9.41. The molecule has 0 radical (unpaired) electrons. The van der Waals surface area contributed by atoms with Crippen molar-refractivity contribution in [2.45, 2.75) is 32.0 Å². The first kappa shape index (κ1) is 24.7. The van der Waals surface area contributed by atoms with Gasteiger partial charge in [-0.05, 0) is 38.0 Å². The van der Waals surface area contributed by atoms with Crippen LogP contribution in [-0.4, -0.2) is 53.4 Å². The number of anilines is 1. The highest BCUT2D eigenvalue weighted by atomic mass is 32.2. The van der Waals surface area contributed by atoms with Crippen molar-refractivity contribution in [2.75, 3.05) is 24.7 Å². The van der Waals surface area contributed by atoms with Crippen molar-refractivity contribution in [1.82, 2.24) is 23.8 Å². The number of nitrogens with zero attached hydrogens (tertiary/aromatic N) is 6. The van der Waals surface area contributed by atoms with Crippen LogP contribution in [0.3, 0.4) is 0 Å². The maximum Gasteiger partial charge on any atom is 0.420 e. The zero-order chi connectivity index (χ0) is 25.3. The molecular formula is C22H21F4N7OS. The van der Waals surface area contributed by atoms with Gasteiger partial charge in [-0.3, -0.25) is 0 Å². The van der Waals surface area contributed by atoms with Gasteiger partial charge in [0.05, 0.1) is 28.3 Å². The molecule has 35 heavy (non-hydrogen) atoms. The molecule has 1 aromatic carbocycles. The molecule has 1 N–H and O–H groups in total. The number of piperidine rings is 1. The summed E-state index contributed by atoms with van der Waals surface area (Å²) >= 11 is 0. The molecule has 13 heteroatoms. The molecule has 1 fully saturated rings. The Bertz CT molecular complexity index is 1310. The SMILES string of the molecule is Cc1nc(-c2nc(NC3CCN(S(C)=O)CC3)ncc2C(F)(F)F)cn1-c1ccc(C#N)cc1F. The quantitative estimate of drug-likeness (QED) is 0.527. The third-order valence-electron chi connectivity index (χ3n) is 5.71. The van der Waals surface area contributed by atoms with Gasteiger partial charge in [0.2, 0.25) is 5.95 Å². The Kier molecular flexibility index (Phi) is 6.86. The number of halogens is 4. The van der Waals surface area contributed by atoms with E-state index >= 15 is 0 Å². The molecule has 1 saturated heterocycles. The Labute approximate surface area is 201 Å². The monoisotopic (exact) mass is 507 g/mol. The molecule has 0 aliphatic carbocycles. The third-order valence-corrected chi connectivity index (χ3v) is 6.80. The van der Waals surface area contributed by atoms with Gasteiger partial charge in [-0.25, -0.2) is 27.9 Å². The number of rotatable bonds is 5. The lowest BCUT2D eigenvalue weighted by Crippen LogP contribution is -2.39. The van der Waals surface area contributed by atoms with Crippen LogP contribution in [0.25, 0.3) is 17.1 Å². The normalized spacial score (nSPS) is 16.1. The Morgan fingerprint density at radius 2 is 1.94 bits per heavy atom. The van der Waals surface area contributed by atoms with Crippen LogP contribution in [0.2, 0.25) is 0 Å². The maximum atomic E-state index is 14.5. The Hall–Kier alpha value is -3.37. The Morgan fingerprint density at radius 3 is 2.54 bits per heavy atom.